The van der Waals surface area contributed by atoms with E-state index < -0.39 is 0 Å². The monoisotopic (exact) mass is 431 g/mol. The van der Waals surface area contributed by atoms with Crippen LogP contribution in [0.4, 0.5) is 5.69 Å². The van der Waals surface area contributed by atoms with Gasteiger partial charge in [0.1, 0.15) is 5.75 Å². The maximum absolute atomic E-state index is 13.3. The van der Waals surface area contributed by atoms with E-state index in [1.807, 2.05) is 0 Å². The first kappa shape index (κ1) is 17.6. The van der Waals surface area contributed by atoms with Gasteiger partial charge in [0.25, 0.3) is 0 Å². The van der Waals surface area contributed by atoms with Crippen LogP contribution in [0.15, 0.2) is 35.2 Å². The SMILES string of the molecule is O=C1c2ccccc2C(=O)c2c1c(O)cc(SCCBr)c2N1CCCC1. The molecule has 1 aliphatic heterocycles. The Morgan fingerprint density at radius 2 is 1.65 bits per heavy atom. The number of carbonyl (C=O) groups is 2. The fourth-order valence-electron chi connectivity index (χ4n) is 3.75. The molecular formula is C20H18BrNO3S. The number of halogens is 1. The summed E-state index contributed by atoms with van der Waals surface area (Å²) in [5.74, 6) is 0.268. The van der Waals surface area contributed by atoms with Crippen molar-refractivity contribution < 1.29 is 14.7 Å². The standard InChI is InChI=1S/C20H18BrNO3S/c21-7-10-26-15-11-14(23)16-17(18(15)22-8-3-4-9-22)20(25)13-6-2-1-5-12(13)19(16)24/h1-2,5-6,11,23H,3-4,7-10H2. The van der Waals surface area contributed by atoms with E-state index in [1.165, 1.54) is 0 Å². The Morgan fingerprint density at radius 3 is 2.27 bits per heavy atom. The molecular weight excluding hydrogens is 414 g/mol. The minimum Gasteiger partial charge on any atom is -0.507 e. The molecule has 1 heterocycles. The molecule has 6 heteroatoms. The number of hydrogen-bond donors (Lipinski definition) is 1. The number of aromatic hydroxyl groups is 1. The summed E-state index contributed by atoms with van der Waals surface area (Å²) in [4.78, 5) is 29.4. The number of hydrogen-bond acceptors (Lipinski definition) is 5. The van der Waals surface area contributed by atoms with Gasteiger partial charge in [0.15, 0.2) is 11.6 Å². The van der Waals surface area contributed by atoms with Gasteiger partial charge in [-0.25, -0.2) is 0 Å². The van der Waals surface area contributed by atoms with Crippen LogP contribution < -0.4 is 4.90 Å². The second kappa shape index (κ2) is 7.08. The molecule has 1 saturated heterocycles. The van der Waals surface area contributed by atoms with Crippen LogP contribution in [0.2, 0.25) is 0 Å². The van der Waals surface area contributed by atoms with Crippen LogP contribution in [0.3, 0.4) is 0 Å². The summed E-state index contributed by atoms with van der Waals surface area (Å²) in [7, 11) is 0. The maximum Gasteiger partial charge on any atom is 0.198 e. The summed E-state index contributed by atoms with van der Waals surface area (Å²) in [6.07, 6.45) is 2.13. The van der Waals surface area contributed by atoms with Crippen LogP contribution in [-0.2, 0) is 0 Å². The third-order valence-electron chi connectivity index (χ3n) is 4.87. The van der Waals surface area contributed by atoms with Crippen LogP contribution >= 0.6 is 27.7 Å². The molecule has 2 aromatic carbocycles. The van der Waals surface area contributed by atoms with Gasteiger partial charge in [0, 0.05) is 40.2 Å². The van der Waals surface area contributed by atoms with Gasteiger partial charge in [-0.05, 0) is 18.9 Å². The molecule has 0 radical (unpaired) electrons. The zero-order valence-corrected chi connectivity index (χ0v) is 16.5. The fourth-order valence-corrected chi connectivity index (χ4v) is 5.09. The van der Waals surface area contributed by atoms with E-state index >= 15 is 0 Å². The molecule has 134 valence electrons. The minimum atomic E-state index is -0.273. The van der Waals surface area contributed by atoms with Crippen molar-refractivity contribution in [3.63, 3.8) is 0 Å². The average molecular weight is 432 g/mol. The number of anilines is 1. The fraction of sp³-hybridized carbons (Fsp3) is 0.300. The number of thioether (sulfide) groups is 1. The lowest BCUT2D eigenvalue weighted by atomic mass is 9.82. The molecule has 0 spiro atoms. The molecule has 1 fully saturated rings. The number of phenolic OH excluding ortho intramolecular Hbond substituents is 1. The predicted octanol–water partition coefficient (Wildman–Crippen LogP) is 4.25. The van der Waals surface area contributed by atoms with Gasteiger partial charge in [-0.3, -0.25) is 9.59 Å². The van der Waals surface area contributed by atoms with E-state index in [-0.39, 0.29) is 22.9 Å². The van der Waals surface area contributed by atoms with Gasteiger partial charge >= 0.3 is 0 Å². The van der Waals surface area contributed by atoms with E-state index in [0.29, 0.717) is 16.7 Å². The average Bonchev–Trinajstić information content (AvgIpc) is 3.18. The summed E-state index contributed by atoms with van der Waals surface area (Å²) in [5.41, 5.74) is 2.13. The number of fused-ring (bicyclic) bond motifs is 2. The first-order valence-electron chi connectivity index (χ1n) is 8.65. The van der Waals surface area contributed by atoms with Crippen molar-refractivity contribution in [2.75, 3.05) is 29.1 Å². The van der Waals surface area contributed by atoms with E-state index in [0.717, 1.165) is 47.6 Å². The predicted molar refractivity (Wildman–Crippen MR) is 107 cm³/mol. The maximum atomic E-state index is 13.3. The summed E-state index contributed by atoms with van der Waals surface area (Å²) in [6, 6.07) is 8.52. The van der Waals surface area contributed by atoms with Crippen LogP contribution in [0.25, 0.3) is 0 Å². The van der Waals surface area contributed by atoms with Gasteiger partial charge in [-0.1, -0.05) is 40.2 Å². The topological polar surface area (TPSA) is 57.6 Å². The zero-order valence-electron chi connectivity index (χ0n) is 14.1. The summed E-state index contributed by atoms with van der Waals surface area (Å²) in [5, 5.41) is 11.4. The molecule has 0 bridgehead atoms. The lowest BCUT2D eigenvalue weighted by Crippen LogP contribution is -2.27. The number of nitrogens with zero attached hydrogens (tertiary/aromatic N) is 1. The van der Waals surface area contributed by atoms with Crippen molar-refractivity contribution >= 4 is 44.9 Å². The molecule has 0 saturated carbocycles. The normalized spacial score (nSPS) is 16.0. The molecule has 4 rings (SSSR count). The third kappa shape index (κ3) is 2.76. The second-order valence-corrected chi connectivity index (χ2v) is 8.36. The zero-order chi connectivity index (χ0) is 18.3. The number of rotatable bonds is 4. The van der Waals surface area contributed by atoms with Gasteiger partial charge in [0.05, 0.1) is 16.8 Å². The van der Waals surface area contributed by atoms with Crippen LogP contribution in [0, 0.1) is 0 Å². The highest BCUT2D eigenvalue weighted by atomic mass is 79.9. The summed E-state index contributed by atoms with van der Waals surface area (Å²) >= 11 is 5.03. The Hall–Kier alpha value is -1.79. The molecule has 0 amide bonds. The summed E-state index contributed by atoms with van der Waals surface area (Å²) < 4.78 is 0. The van der Waals surface area contributed by atoms with Crippen molar-refractivity contribution in [2.45, 2.75) is 17.7 Å². The smallest absolute Gasteiger partial charge is 0.198 e. The quantitative estimate of drug-likeness (QED) is 0.494. The van der Waals surface area contributed by atoms with Crippen LogP contribution in [0.5, 0.6) is 5.75 Å². The van der Waals surface area contributed by atoms with Crippen molar-refractivity contribution in [1.29, 1.82) is 0 Å². The van der Waals surface area contributed by atoms with Gasteiger partial charge in [-0.2, -0.15) is 0 Å². The highest BCUT2D eigenvalue weighted by Crippen LogP contribution is 2.45. The van der Waals surface area contributed by atoms with Crippen molar-refractivity contribution in [3.05, 3.63) is 52.6 Å². The second-order valence-electron chi connectivity index (χ2n) is 6.43. The number of carbonyl (C=O) groups excluding carboxylic acids is 2. The molecule has 0 unspecified atom stereocenters. The molecule has 1 aliphatic carbocycles. The van der Waals surface area contributed by atoms with E-state index in [2.05, 4.69) is 20.8 Å². The molecule has 4 nitrogen and oxygen atoms in total. The van der Waals surface area contributed by atoms with Gasteiger partial charge < -0.3 is 10.0 Å². The highest BCUT2D eigenvalue weighted by Gasteiger charge is 2.37. The van der Waals surface area contributed by atoms with E-state index in [9.17, 15) is 14.7 Å². The summed E-state index contributed by atoms with van der Waals surface area (Å²) in [6.45, 7) is 1.73. The number of alkyl halides is 1. The highest BCUT2D eigenvalue weighted by molar-refractivity contribution is 9.09. The number of ketones is 2. The molecule has 1 N–H and O–H groups in total. The van der Waals surface area contributed by atoms with Crippen molar-refractivity contribution in [3.8, 4) is 5.75 Å². The number of benzene rings is 2. The number of phenols is 1. The van der Waals surface area contributed by atoms with Gasteiger partial charge in [-0.15, -0.1) is 11.8 Å². The Morgan fingerprint density at radius 1 is 1.04 bits per heavy atom. The Balaban J connectivity index is 1.97. The van der Waals surface area contributed by atoms with E-state index in [1.54, 1.807) is 42.1 Å². The Kier molecular flexibility index (Phi) is 4.80. The van der Waals surface area contributed by atoms with Crippen LogP contribution in [0.1, 0.15) is 44.7 Å². The first-order valence-corrected chi connectivity index (χ1v) is 10.8. The van der Waals surface area contributed by atoms with Crippen molar-refractivity contribution in [1.82, 2.24) is 0 Å². The van der Waals surface area contributed by atoms with Crippen molar-refractivity contribution in [2.24, 2.45) is 0 Å². The lowest BCUT2D eigenvalue weighted by Gasteiger charge is -2.28. The molecule has 0 aromatic heterocycles. The van der Waals surface area contributed by atoms with E-state index in [4.69, 9.17) is 0 Å². The molecule has 2 aromatic rings. The minimum absolute atomic E-state index is 0.104. The molecule has 26 heavy (non-hydrogen) atoms. The molecule has 0 atom stereocenters. The molecule has 2 aliphatic rings. The Labute approximate surface area is 164 Å². The first-order chi connectivity index (χ1) is 12.6. The lowest BCUT2D eigenvalue weighted by molar-refractivity contribution is 0.0977. The van der Waals surface area contributed by atoms with Crippen LogP contribution in [-0.4, -0.2) is 40.8 Å². The Bertz CT molecular complexity index is 906. The third-order valence-corrected chi connectivity index (χ3v) is 6.82. The van der Waals surface area contributed by atoms with Gasteiger partial charge in [0.2, 0.25) is 0 Å². The largest absolute Gasteiger partial charge is 0.507 e.